The molecule has 1 aromatic rings. The van der Waals surface area contributed by atoms with E-state index in [-0.39, 0.29) is 16.9 Å². The lowest BCUT2D eigenvalue weighted by Gasteiger charge is -1.99. The zero-order valence-corrected chi connectivity index (χ0v) is 7.91. The Hall–Kier alpha value is -1.61. The van der Waals surface area contributed by atoms with Gasteiger partial charge in [-0.15, -0.1) is 0 Å². The quantitative estimate of drug-likeness (QED) is 0.461. The van der Waals surface area contributed by atoms with Crippen LogP contribution in [0.3, 0.4) is 0 Å². The third-order valence-corrected chi connectivity index (χ3v) is 1.90. The van der Waals surface area contributed by atoms with Crippen LogP contribution in [0, 0.1) is 21.4 Å². The van der Waals surface area contributed by atoms with Crippen LogP contribution in [-0.4, -0.2) is 4.92 Å². The van der Waals surface area contributed by atoms with Gasteiger partial charge in [0.2, 0.25) is 0 Å². The first-order chi connectivity index (χ1) is 6.06. The number of hydrogen-bond acceptors (Lipinski definition) is 4. The van der Waals surface area contributed by atoms with Crippen molar-refractivity contribution in [2.75, 3.05) is 5.73 Å². The molecule has 0 aliphatic rings. The van der Waals surface area contributed by atoms with Crippen LogP contribution < -0.4 is 5.73 Å². The van der Waals surface area contributed by atoms with Gasteiger partial charge >= 0.3 is 0 Å². The van der Waals surface area contributed by atoms with Crippen LogP contribution in [0.15, 0.2) is 16.6 Å². The summed E-state index contributed by atoms with van der Waals surface area (Å²) in [6.07, 6.45) is 0. The molecule has 0 aliphatic carbocycles. The zero-order chi connectivity index (χ0) is 10.0. The van der Waals surface area contributed by atoms with Gasteiger partial charge in [0, 0.05) is 10.5 Å². The molecule has 66 valence electrons. The van der Waals surface area contributed by atoms with Crippen LogP contribution in [0.1, 0.15) is 5.56 Å². The van der Waals surface area contributed by atoms with Gasteiger partial charge in [0.15, 0.2) is 0 Å². The molecule has 1 rings (SSSR count). The molecule has 0 amide bonds. The first-order valence-electron chi connectivity index (χ1n) is 3.19. The van der Waals surface area contributed by atoms with Gasteiger partial charge in [0.25, 0.3) is 5.69 Å². The molecule has 0 heterocycles. The third-order valence-electron chi connectivity index (χ3n) is 1.44. The maximum absolute atomic E-state index is 10.4. The lowest BCUT2D eigenvalue weighted by Crippen LogP contribution is -1.98. The van der Waals surface area contributed by atoms with E-state index in [1.54, 1.807) is 6.07 Å². The standard InChI is InChI=1S/C7H4BrN3O2/c8-5-1-4(3-9)7(10)6(2-5)11(12)13/h1-2H,10H2. The van der Waals surface area contributed by atoms with Crippen molar-refractivity contribution >= 4 is 27.3 Å². The van der Waals surface area contributed by atoms with E-state index >= 15 is 0 Å². The molecule has 0 aromatic heterocycles. The summed E-state index contributed by atoms with van der Waals surface area (Å²) < 4.78 is 0.463. The maximum Gasteiger partial charge on any atom is 0.294 e. The molecular formula is C7H4BrN3O2. The Kier molecular flexibility index (Phi) is 2.49. The van der Waals surface area contributed by atoms with Gasteiger partial charge in [-0.25, -0.2) is 0 Å². The summed E-state index contributed by atoms with van der Waals surface area (Å²) in [5, 5.41) is 19.0. The molecule has 0 spiro atoms. The average molecular weight is 242 g/mol. The van der Waals surface area contributed by atoms with Crippen molar-refractivity contribution in [3.8, 4) is 6.07 Å². The van der Waals surface area contributed by atoms with E-state index < -0.39 is 4.92 Å². The van der Waals surface area contributed by atoms with E-state index in [0.717, 1.165) is 0 Å². The SMILES string of the molecule is N#Cc1cc(Br)cc([N+](=O)[O-])c1N. The van der Waals surface area contributed by atoms with E-state index in [1.165, 1.54) is 12.1 Å². The molecule has 0 radical (unpaired) electrons. The number of rotatable bonds is 1. The first-order valence-corrected chi connectivity index (χ1v) is 3.99. The molecule has 0 saturated carbocycles. The number of nitriles is 1. The Morgan fingerprint density at radius 3 is 2.69 bits per heavy atom. The molecule has 0 atom stereocenters. The molecule has 5 nitrogen and oxygen atoms in total. The molecule has 13 heavy (non-hydrogen) atoms. The van der Waals surface area contributed by atoms with Crippen molar-refractivity contribution in [1.82, 2.24) is 0 Å². The van der Waals surface area contributed by atoms with Gasteiger partial charge in [-0.3, -0.25) is 10.1 Å². The van der Waals surface area contributed by atoms with Crippen molar-refractivity contribution in [3.63, 3.8) is 0 Å². The van der Waals surface area contributed by atoms with E-state index in [2.05, 4.69) is 15.9 Å². The van der Waals surface area contributed by atoms with Gasteiger partial charge in [-0.05, 0) is 6.07 Å². The summed E-state index contributed by atoms with van der Waals surface area (Å²) in [5.74, 6) is 0. The number of nitrogen functional groups attached to an aromatic ring is 1. The summed E-state index contributed by atoms with van der Waals surface area (Å²) in [7, 11) is 0. The highest BCUT2D eigenvalue weighted by Crippen LogP contribution is 2.28. The minimum absolute atomic E-state index is 0.0982. The Labute approximate surface area is 82.0 Å². The van der Waals surface area contributed by atoms with Crippen LogP contribution in [0.4, 0.5) is 11.4 Å². The lowest BCUT2D eigenvalue weighted by molar-refractivity contribution is -0.384. The molecule has 0 aliphatic heterocycles. The van der Waals surface area contributed by atoms with Crippen molar-refractivity contribution in [3.05, 3.63) is 32.3 Å². The van der Waals surface area contributed by atoms with Gasteiger partial charge in [-0.2, -0.15) is 5.26 Å². The summed E-state index contributed by atoms with van der Waals surface area (Å²) in [6.45, 7) is 0. The summed E-state index contributed by atoms with van der Waals surface area (Å²) in [4.78, 5) is 9.81. The average Bonchev–Trinajstić information content (AvgIpc) is 2.08. The summed E-state index contributed by atoms with van der Waals surface area (Å²) in [6, 6.07) is 4.46. The van der Waals surface area contributed by atoms with Crippen molar-refractivity contribution < 1.29 is 4.92 Å². The number of nitro benzene ring substituents is 1. The minimum atomic E-state index is -0.624. The van der Waals surface area contributed by atoms with Gasteiger partial charge in [0.1, 0.15) is 11.8 Å². The predicted octanol–water partition coefficient (Wildman–Crippen LogP) is 1.81. The normalized spacial score (nSPS) is 9.23. The van der Waals surface area contributed by atoms with Crippen LogP contribution in [0.25, 0.3) is 0 Å². The molecule has 0 saturated heterocycles. The summed E-state index contributed by atoms with van der Waals surface area (Å²) in [5.41, 5.74) is 5.12. The molecule has 0 bridgehead atoms. The first kappa shape index (κ1) is 9.48. The van der Waals surface area contributed by atoms with Crippen LogP contribution in [-0.2, 0) is 0 Å². The third kappa shape index (κ3) is 1.76. The van der Waals surface area contributed by atoms with E-state index in [9.17, 15) is 10.1 Å². The predicted molar refractivity (Wildman–Crippen MR) is 49.9 cm³/mol. The second kappa shape index (κ2) is 3.41. The number of nitro groups is 1. The Bertz CT molecular complexity index is 411. The monoisotopic (exact) mass is 241 g/mol. The van der Waals surface area contributed by atoms with Crippen molar-refractivity contribution in [2.24, 2.45) is 0 Å². The van der Waals surface area contributed by atoms with E-state index in [1.807, 2.05) is 0 Å². The number of anilines is 1. The Balaban J connectivity index is 3.47. The van der Waals surface area contributed by atoms with Gasteiger partial charge in [0.05, 0.1) is 10.5 Å². The van der Waals surface area contributed by atoms with E-state index in [0.29, 0.717) is 4.47 Å². The molecule has 0 fully saturated rings. The van der Waals surface area contributed by atoms with Crippen LogP contribution in [0.2, 0.25) is 0 Å². The minimum Gasteiger partial charge on any atom is -0.392 e. The van der Waals surface area contributed by atoms with Crippen LogP contribution in [0.5, 0.6) is 0 Å². The fraction of sp³-hybridized carbons (Fsp3) is 0. The fourth-order valence-electron chi connectivity index (χ4n) is 0.847. The zero-order valence-electron chi connectivity index (χ0n) is 6.32. The number of hydrogen-bond donors (Lipinski definition) is 1. The Morgan fingerprint density at radius 2 is 2.23 bits per heavy atom. The Morgan fingerprint density at radius 1 is 1.62 bits per heavy atom. The van der Waals surface area contributed by atoms with E-state index in [4.69, 9.17) is 11.0 Å². The molecule has 1 aromatic carbocycles. The molecule has 6 heteroatoms. The number of benzene rings is 1. The molecule has 2 N–H and O–H groups in total. The van der Waals surface area contributed by atoms with Crippen molar-refractivity contribution in [1.29, 1.82) is 5.26 Å². The van der Waals surface area contributed by atoms with Gasteiger partial charge in [-0.1, -0.05) is 15.9 Å². The van der Waals surface area contributed by atoms with Gasteiger partial charge < -0.3 is 5.73 Å². The van der Waals surface area contributed by atoms with Crippen LogP contribution >= 0.6 is 15.9 Å². The molecular weight excluding hydrogens is 238 g/mol. The maximum atomic E-state index is 10.4. The highest BCUT2D eigenvalue weighted by Gasteiger charge is 2.15. The highest BCUT2D eigenvalue weighted by atomic mass is 79.9. The largest absolute Gasteiger partial charge is 0.392 e. The second-order valence-electron chi connectivity index (χ2n) is 2.26. The summed E-state index contributed by atoms with van der Waals surface area (Å²) >= 11 is 3.05. The highest BCUT2D eigenvalue weighted by molar-refractivity contribution is 9.10. The topological polar surface area (TPSA) is 92.9 Å². The second-order valence-corrected chi connectivity index (χ2v) is 3.17. The van der Waals surface area contributed by atoms with Crippen molar-refractivity contribution in [2.45, 2.75) is 0 Å². The number of nitrogens with two attached hydrogens (primary N) is 1. The number of nitrogens with zero attached hydrogens (tertiary/aromatic N) is 2. The number of halogens is 1. The smallest absolute Gasteiger partial charge is 0.294 e. The molecule has 0 unspecified atom stereocenters. The lowest BCUT2D eigenvalue weighted by atomic mass is 10.2. The fourth-order valence-corrected chi connectivity index (χ4v) is 1.29.